The van der Waals surface area contributed by atoms with Gasteiger partial charge in [0.1, 0.15) is 6.04 Å². The fourth-order valence-corrected chi connectivity index (χ4v) is 0.877. The lowest BCUT2D eigenvalue weighted by molar-refractivity contribution is 0.0290. The lowest BCUT2D eigenvalue weighted by atomic mass is 10.3. The van der Waals surface area contributed by atoms with Crippen LogP contribution in [0.25, 0.3) is 0 Å². The van der Waals surface area contributed by atoms with Gasteiger partial charge in [-0.05, 0) is 0 Å². The smallest absolute Gasteiger partial charge is 0.450 e. The van der Waals surface area contributed by atoms with Crippen LogP contribution < -0.4 is 10.6 Å². The topological polar surface area (TPSA) is 108 Å². The van der Waals surface area contributed by atoms with Gasteiger partial charge < -0.3 is 25.6 Å². The van der Waals surface area contributed by atoms with Gasteiger partial charge in [-0.3, -0.25) is 0 Å². The Balaban J connectivity index is 2.51. The van der Waals surface area contributed by atoms with E-state index in [9.17, 15) is 9.59 Å². The summed E-state index contributed by atoms with van der Waals surface area (Å²) in [6, 6.07) is -1.27. The molecule has 1 saturated heterocycles. The van der Waals surface area contributed by atoms with Gasteiger partial charge in [-0.1, -0.05) is 0 Å². The van der Waals surface area contributed by atoms with Gasteiger partial charge in [0.25, 0.3) is 0 Å². The number of urea groups is 1. The average molecular weight is 176 g/mol. The minimum Gasteiger partial charge on any atom is -0.450 e. The molecule has 1 fully saturated rings. The molecule has 2 amide bonds. The van der Waals surface area contributed by atoms with Crippen LogP contribution in [0.4, 0.5) is 9.59 Å². The normalized spacial score (nSPS) is 27.6. The molecule has 0 spiro atoms. The molecule has 1 rings (SSSR count). The highest BCUT2D eigenvalue weighted by Gasteiger charge is 2.33. The standard InChI is InChI=1S/C5H8N2O5/c8-1-2-3(12-5(10)11)7-4(9)6-2/h2-3,8H,1H2,(H,10,11)(H2,6,7,9). The average Bonchev–Trinajstić information content (AvgIpc) is 2.29. The summed E-state index contributed by atoms with van der Waals surface area (Å²) in [4.78, 5) is 20.6. The number of carbonyl (C=O) groups excluding carboxylic acids is 1. The van der Waals surface area contributed by atoms with E-state index in [1.54, 1.807) is 0 Å². The van der Waals surface area contributed by atoms with Crippen LogP contribution in [-0.4, -0.2) is 41.3 Å². The third kappa shape index (κ3) is 1.76. The van der Waals surface area contributed by atoms with Crippen LogP contribution >= 0.6 is 0 Å². The van der Waals surface area contributed by atoms with Crippen LogP contribution in [0.2, 0.25) is 0 Å². The molecular weight excluding hydrogens is 168 g/mol. The molecule has 2 atom stereocenters. The number of hydrogen-bond donors (Lipinski definition) is 4. The van der Waals surface area contributed by atoms with Crippen molar-refractivity contribution in [2.45, 2.75) is 12.3 Å². The van der Waals surface area contributed by atoms with Gasteiger partial charge in [-0.2, -0.15) is 0 Å². The number of carboxylic acid groups (broad SMARTS) is 1. The minimum absolute atomic E-state index is 0.378. The van der Waals surface area contributed by atoms with Crippen molar-refractivity contribution in [3.63, 3.8) is 0 Å². The van der Waals surface area contributed by atoms with Crippen LogP contribution in [0, 0.1) is 0 Å². The second kappa shape index (κ2) is 3.26. The number of rotatable bonds is 2. The minimum atomic E-state index is -1.50. The Kier molecular flexibility index (Phi) is 2.34. The number of amides is 2. The summed E-state index contributed by atoms with van der Waals surface area (Å²) in [6.07, 6.45) is -2.51. The summed E-state index contributed by atoms with van der Waals surface area (Å²) >= 11 is 0. The Morgan fingerprint density at radius 2 is 2.25 bits per heavy atom. The summed E-state index contributed by atoms with van der Waals surface area (Å²) in [6.45, 7) is -0.378. The highest BCUT2D eigenvalue weighted by atomic mass is 16.7. The predicted molar refractivity (Wildman–Crippen MR) is 35.4 cm³/mol. The van der Waals surface area contributed by atoms with E-state index >= 15 is 0 Å². The molecule has 12 heavy (non-hydrogen) atoms. The number of aliphatic hydroxyl groups excluding tert-OH is 1. The first-order valence-electron chi connectivity index (χ1n) is 3.21. The first kappa shape index (κ1) is 8.60. The van der Waals surface area contributed by atoms with Crippen LogP contribution in [0.3, 0.4) is 0 Å². The zero-order chi connectivity index (χ0) is 9.14. The van der Waals surface area contributed by atoms with Gasteiger partial charge in [-0.25, -0.2) is 9.59 Å². The van der Waals surface area contributed by atoms with Crippen molar-refractivity contribution in [1.82, 2.24) is 10.6 Å². The van der Waals surface area contributed by atoms with Gasteiger partial charge in [0, 0.05) is 0 Å². The van der Waals surface area contributed by atoms with Gasteiger partial charge in [0.2, 0.25) is 6.23 Å². The zero-order valence-corrected chi connectivity index (χ0v) is 5.98. The van der Waals surface area contributed by atoms with Crippen molar-refractivity contribution >= 4 is 12.2 Å². The molecule has 0 saturated carbocycles. The molecule has 0 radical (unpaired) electrons. The first-order valence-corrected chi connectivity index (χ1v) is 3.21. The molecule has 4 N–H and O–H groups in total. The van der Waals surface area contributed by atoms with E-state index in [1.165, 1.54) is 0 Å². The van der Waals surface area contributed by atoms with Crippen LogP contribution in [0.5, 0.6) is 0 Å². The molecule has 0 aromatic carbocycles. The van der Waals surface area contributed by atoms with E-state index in [4.69, 9.17) is 10.2 Å². The molecular formula is C5H8N2O5. The summed E-state index contributed by atoms with van der Waals surface area (Å²) in [7, 11) is 0. The molecule has 1 heterocycles. The molecule has 68 valence electrons. The Morgan fingerprint density at radius 3 is 2.75 bits per heavy atom. The van der Waals surface area contributed by atoms with Crippen molar-refractivity contribution < 1.29 is 24.5 Å². The predicted octanol–water partition coefficient (Wildman–Crippen LogP) is -1.32. The largest absolute Gasteiger partial charge is 0.507 e. The van der Waals surface area contributed by atoms with Crippen molar-refractivity contribution in [3.05, 3.63) is 0 Å². The lowest BCUT2D eigenvalue weighted by Crippen LogP contribution is -2.39. The number of nitrogens with one attached hydrogen (secondary N) is 2. The molecule has 0 aliphatic carbocycles. The van der Waals surface area contributed by atoms with Crippen LogP contribution in [0.15, 0.2) is 0 Å². The molecule has 7 nitrogen and oxygen atoms in total. The quantitative estimate of drug-likeness (QED) is 0.390. The van der Waals surface area contributed by atoms with Gasteiger partial charge >= 0.3 is 12.2 Å². The van der Waals surface area contributed by atoms with Crippen molar-refractivity contribution in [3.8, 4) is 0 Å². The number of hydrogen-bond acceptors (Lipinski definition) is 4. The molecule has 0 aromatic heterocycles. The molecule has 0 aromatic rings. The number of carbonyl (C=O) groups is 2. The monoisotopic (exact) mass is 176 g/mol. The Morgan fingerprint density at radius 1 is 1.58 bits per heavy atom. The summed E-state index contributed by atoms with van der Waals surface area (Å²) < 4.78 is 4.25. The van der Waals surface area contributed by atoms with E-state index < -0.39 is 24.5 Å². The summed E-state index contributed by atoms with van der Waals surface area (Å²) in [5.74, 6) is 0. The maximum atomic E-state index is 10.6. The van der Waals surface area contributed by atoms with Crippen molar-refractivity contribution in [1.29, 1.82) is 0 Å². The Hall–Kier alpha value is -1.50. The van der Waals surface area contributed by atoms with Crippen LogP contribution in [0.1, 0.15) is 0 Å². The Labute approximate surface area is 67.3 Å². The van der Waals surface area contributed by atoms with E-state index in [2.05, 4.69) is 15.4 Å². The Bertz CT molecular complexity index is 206. The third-order valence-electron chi connectivity index (χ3n) is 1.38. The highest BCUT2D eigenvalue weighted by Crippen LogP contribution is 2.02. The zero-order valence-electron chi connectivity index (χ0n) is 5.98. The second-order valence-corrected chi connectivity index (χ2v) is 2.21. The van der Waals surface area contributed by atoms with Gasteiger partial charge in [0.05, 0.1) is 6.61 Å². The number of ether oxygens (including phenoxy) is 1. The van der Waals surface area contributed by atoms with Gasteiger partial charge in [-0.15, -0.1) is 0 Å². The summed E-state index contributed by atoms with van der Waals surface area (Å²) in [5.41, 5.74) is 0. The lowest BCUT2D eigenvalue weighted by Gasteiger charge is -2.13. The SMILES string of the molecule is O=C1NC(CO)C(OC(=O)O)N1. The highest BCUT2D eigenvalue weighted by molar-refractivity contribution is 5.77. The first-order chi connectivity index (χ1) is 5.63. The molecule has 1 aliphatic rings. The third-order valence-corrected chi connectivity index (χ3v) is 1.38. The molecule has 7 heteroatoms. The van der Waals surface area contributed by atoms with E-state index in [1.807, 2.05) is 0 Å². The fraction of sp³-hybridized carbons (Fsp3) is 0.600. The van der Waals surface area contributed by atoms with Crippen LogP contribution in [-0.2, 0) is 4.74 Å². The van der Waals surface area contributed by atoms with Crippen molar-refractivity contribution in [2.75, 3.05) is 6.61 Å². The summed E-state index contributed by atoms with van der Waals surface area (Å²) in [5, 5.41) is 21.3. The number of aliphatic hydroxyl groups is 1. The van der Waals surface area contributed by atoms with E-state index in [0.29, 0.717) is 0 Å². The molecule has 1 aliphatic heterocycles. The molecule has 2 unspecified atom stereocenters. The molecule has 0 bridgehead atoms. The second-order valence-electron chi connectivity index (χ2n) is 2.21. The van der Waals surface area contributed by atoms with E-state index in [0.717, 1.165) is 0 Å². The fourth-order valence-electron chi connectivity index (χ4n) is 0.877. The maximum absolute atomic E-state index is 10.6. The van der Waals surface area contributed by atoms with E-state index in [-0.39, 0.29) is 6.61 Å². The van der Waals surface area contributed by atoms with Gasteiger partial charge in [0.15, 0.2) is 0 Å². The maximum Gasteiger partial charge on any atom is 0.507 e. The van der Waals surface area contributed by atoms with Crippen molar-refractivity contribution in [2.24, 2.45) is 0 Å².